The highest BCUT2D eigenvalue weighted by atomic mass is 32.1. The lowest BCUT2D eigenvalue weighted by Gasteiger charge is -2.03. The Balaban J connectivity index is 1.73. The molecule has 118 valence electrons. The number of nitrogens with one attached hydrogen (secondary N) is 1. The Hall–Kier alpha value is -2.20. The fraction of sp³-hybridized carbons (Fsp3) is 0.263. The predicted octanol–water partition coefficient (Wildman–Crippen LogP) is 4.66. The first-order valence-corrected chi connectivity index (χ1v) is 8.62. The van der Waals surface area contributed by atoms with Crippen molar-refractivity contribution in [3.63, 3.8) is 0 Å². The molecule has 1 amide bonds. The second-order valence-corrected chi connectivity index (χ2v) is 6.84. The van der Waals surface area contributed by atoms with E-state index in [1.807, 2.05) is 12.1 Å². The van der Waals surface area contributed by atoms with Gasteiger partial charge in [0.15, 0.2) is 5.13 Å². The van der Waals surface area contributed by atoms with E-state index in [0.29, 0.717) is 11.6 Å². The van der Waals surface area contributed by atoms with Gasteiger partial charge in [0.25, 0.3) is 0 Å². The molecule has 1 aromatic heterocycles. The summed E-state index contributed by atoms with van der Waals surface area (Å²) < 4.78 is 1.14. The number of hydrogen-bond acceptors (Lipinski definition) is 3. The summed E-state index contributed by atoms with van der Waals surface area (Å²) in [6.07, 6.45) is 1.38. The highest BCUT2D eigenvalue weighted by Gasteiger charge is 2.10. The molecule has 4 heteroatoms. The number of nitrogens with zero attached hydrogens (tertiary/aromatic N) is 1. The normalized spacial score (nSPS) is 10.9. The number of fused-ring (bicyclic) bond motifs is 1. The zero-order valence-corrected chi connectivity index (χ0v) is 14.5. The monoisotopic (exact) mass is 324 g/mol. The zero-order valence-electron chi connectivity index (χ0n) is 13.6. The molecule has 3 nitrogen and oxygen atoms in total. The molecule has 1 N–H and O–H groups in total. The minimum absolute atomic E-state index is 0.0253. The van der Waals surface area contributed by atoms with Gasteiger partial charge in [0.2, 0.25) is 5.91 Å². The first kappa shape index (κ1) is 15.7. The molecular formula is C19H20N2OS. The van der Waals surface area contributed by atoms with Crippen molar-refractivity contribution in [3.05, 3.63) is 58.7 Å². The van der Waals surface area contributed by atoms with Gasteiger partial charge in [0.1, 0.15) is 0 Å². The molecule has 3 aromatic rings. The summed E-state index contributed by atoms with van der Waals surface area (Å²) in [4.78, 5) is 16.8. The molecule has 0 radical (unpaired) electrons. The number of benzene rings is 2. The quantitative estimate of drug-likeness (QED) is 0.758. The van der Waals surface area contributed by atoms with E-state index in [0.717, 1.165) is 22.2 Å². The van der Waals surface area contributed by atoms with E-state index in [1.54, 1.807) is 0 Å². The fourth-order valence-electron chi connectivity index (χ4n) is 2.67. The zero-order chi connectivity index (χ0) is 16.4. The van der Waals surface area contributed by atoms with Gasteiger partial charge in [-0.15, -0.1) is 0 Å². The standard InChI is InChI=1S/C19H20N2OS/c1-4-14-5-7-15(8-6-14)11-17(22)21-19-20-16-10-12(2)9-13(3)18(16)23-19/h5-10H,4,11H2,1-3H3,(H,20,21,22). The van der Waals surface area contributed by atoms with Gasteiger partial charge < -0.3 is 5.32 Å². The number of carbonyl (C=O) groups excluding carboxylic acids is 1. The first-order valence-electron chi connectivity index (χ1n) is 7.80. The van der Waals surface area contributed by atoms with E-state index in [1.165, 1.54) is 28.0 Å². The molecule has 0 unspecified atom stereocenters. The second kappa shape index (κ2) is 6.50. The number of rotatable bonds is 4. The topological polar surface area (TPSA) is 42.0 Å². The lowest BCUT2D eigenvalue weighted by atomic mass is 10.1. The van der Waals surface area contributed by atoms with Crippen LogP contribution in [-0.4, -0.2) is 10.9 Å². The molecule has 2 aromatic carbocycles. The van der Waals surface area contributed by atoms with E-state index in [2.05, 4.69) is 55.3 Å². The van der Waals surface area contributed by atoms with Crippen LogP contribution in [-0.2, 0) is 17.6 Å². The van der Waals surface area contributed by atoms with Crippen LogP contribution in [0.25, 0.3) is 10.2 Å². The number of carbonyl (C=O) groups is 1. The van der Waals surface area contributed by atoms with E-state index < -0.39 is 0 Å². The van der Waals surface area contributed by atoms with Gasteiger partial charge in [-0.1, -0.05) is 48.6 Å². The van der Waals surface area contributed by atoms with Crippen molar-refractivity contribution in [3.8, 4) is 0 Å². The van der Waals surface area contributed by atoms with Crippen molar-refractivity contribution in [2.45, 2.75) is 33.6 Å². The molecule has 0 aliphatic heterocycles. The van der Waals surface area contributed by atoms with Crippen LogP contribution in [0.2, 0.25) is 0 Å². The van der Waals surface area contributed by atoms with Crippen molar-refractivity contribution < 1.29 is 4.79 Å². The molecule has 3 rings (SSSR count). The van der Waals surface area contributed by atoms with Gasteiger partial charge >= 0.3 is 0 Å². The number of aromatic nitrogens is 1. The van der Waals surface area contributed by atoms with Crippen LogP contribution >= 0.6 is 11.3 Å². The largest absolute Gasteiger partial charge is 0.302 e. The van der Waals surface area contributed by atoms with E-state index >= 15 is 0 Å². The summed E-state index contributed by atoms with van der Waals surface area (Å²) in [6.45, 7) is 6.26. The van der Waals surface area contributed by atoms with Gasteiger partial charge in [-0.3, -0.25) is 4.79 Å². The molecule has 0 atom stereocenters. The number of anilines is 1. The third-order valence-electron chi connectivity index (χ3n) is 3.86. The number of amides is 1. The second-order valence-electron chi connectivity index (χ2n) is 5.84. The van der Waals surface area contributed by atoms with Crippen LogP contribution in [0.5, 0.6) is 0 Å². The number of thiazole rings is 1. The molecule has 0 aliphatic rings. The fourth-order valence-corrected chi connectivity index (χ4v) is 3.60. The molecule has 0 saturated carbocycles. The lowest BCUT2D eigenvalue weighted by Crippen LogP contribution is -2.14. The maximum absolute atomic E-state index is 12.2. The van der Waals surface area contributed by atoms with Crippen LogP contribution < -0.4 is 5.32 Å². The van der Waals surface area contributed by atoms with Crippen LogP contribution in [0, 0.1) is 13.8 Å². The van der Waals surface area contributed by atoms with E-state index in [4.69, 9.17) is 0 Å². The van der Waals surface area contributed by atoms with Gasteiger partial charge in [-0.2, -0.15) is 0 Å². The maximum Gasteiger partial charge on any atom is 0.230 e. The number of hydrogen-bond donors (Lipinski definition) is 1. The van der Waals surface area contributed by atoms with E-state index in [-0.39, 0.29) is 5.91 Å². The Kier molecular flexibility index (Phi) is 4.44. The first-order chi connectivity index (χ1) is 11.0. The van der Waals surface area contributed by atoms with Crippen LogP contribution in [0.4, 0.5) is 5.13 Å². The molecule has 0 fully saturated rings. The Bertz CT molecular complexity index is 850. The van der Waals surface area contributed by atoms with Gasteiger partial charge in [-0.05, 0) is 48.6 Å². The molecule has 1 heterocycles. The SMILES string of the molecule is CCc1ccc(CC(=O)Nc2nc3cc(C)cc(C)c3s2)cc1. The van der Waals surface area contributed by atoms with Gasteiger partial charge in [0.05, 0.1) is 16.6 Å². The summed E-state index contributed by atoms with van der Waals surface area (Å²) in [6, 6.07) is 12.4. The smallest absolute Gasteiger partial charge is 0.230 e. The summed E-state index contributed by atoms with van der Waals surface area (Å²) in [5, 5.41) is 3.59. The van der Waals surface area contributed by atoms with Crippen LogP contribution in [0.1, 0.15) is 29.2 Å². The van der Waals surface area contributed by atoms with Crippen LogP contribution in [0.3, 0.4) is 0 Å². The molecule has 23 heavy (non-hydrogen) atoms. The van der Waals surface area contributed by atoms with Gasteiger partial charge in [0, 0.05) is 0 Å². The van der Waals surface area contributed by atoms with Crippen molar-refractivity contribution in [1.29, 1.82) is 0 Å². The molecular weight excluding hydrogens is 304 g/mol. The van der Waals surface area contributed by atoms with Crippen molar-refractivity contribution in [1.82, 2.24) is 4.98 Å². The minimum atomic E-state index is -0.0253. The average Bonchev–Trinajstić information content (AvgIpc) is 2.90. The number of aryl methyl sites for hydroxylation is 3. The molecule has 0 saturated heterocycles. The third-order valence-corrected chi connectivity index (χ3v) is 4.98. The summed E-state index contributed by atoms with van der Waals surface area (Å²) in [5.74, 6) is -0.0253. The summed E-state index contributed by atoms with van der Waals surface area (Å²) >= 11 is 1.53. The van der Waals surface area contributed by atoms with Crippen molar-refractivity contribution in [2.24, 2.45) is 0 Å². The van der Waals surface area contributed by atoms with Crippen molar-refractivity contribution in [2.75, 3.05) is 5.32 Å². The van der Waals surface area contributed by atoms with Gasteiger partial charge in [-0.25, -0.2) is 4.98 Å². The Morgan fingerprint density at radius 3 is 2.52 bits per heavy atom. The Morgan fingerprint density at radius 2 is 1.83 bits per heavy atom. The summed E-state index contributed by atoms with van der Waals surface area (Å²) in [7, 11) is 0. The Morgan fingerprint density at radius 1 is 1.13 bits per heavy atom. The minimum Gasteiger partial charge on any atom is -0.302 e. The summed E-state index contributed by atoms with van der Waals surface area (Å²) in [5.41, 5.74) is 5.65. The Labute approximate surface area is 140 Å². The van der Waals surface area contributed by atoms with Crippen LogP contribution in [0.15, 0.2) is 36.4 Å². The average molecular weight is 324 g/mol. The molecule has 0 aliphatic carbocycles. The molecule has 0 spiro atoms. The molecule has 0 bridgehead atoms. The third kappa shape index (κ3) is 3.59. The highest BCUT2D eigenvalue weighted by Crippen LogP contribution is 2.29. The van der Waals surface area contributed by atoms with Crippen molar-refractivity contribution >= 4 is 32.6 Å². The lowest BCUT2D eigenvalue weighted by molar-refractivity contribution is -0.115. The highest BCUT2D eigenvalue weighted by molar-refractivity contribution is 7.22. The van der Waals surface area contributed by atoms with E-state index in [9.17, 15) is 4.79 Å². The maximum atomic E-state index is 12.2. The predicted molar refractivity (Wildman–Crippen MR) is 97.2 cm³/mol.